The number of thioether (sulfide) groups is 1. The van der Waals surface area contributed by atoms with Crippen LogP contribution >= 0.6 is 24.0 Å². The maximum Gasteiger partial charge on any atom is 0.359 e. The first-order valence-corrected chi connectivity index (χ1v) is 11.4. The molecule has 0 bridgehead atoms. The van der Waals surface area contributed by atoms with E-state index in [9.17, 15) is 24.5 Å². The van der Waals surface area contributed by atoms with Gasteiger partial charge in [0.2, 0.25) is 0 Å². The van der Waals surface area contributed by atoms with Crippen LogP contribution < -0.4 is 5.01 Å². The van der Waals surface area contributed by atoms with E-state index in [0.717, 1.165) is 21.7 Å². The number of non-ortho nitro benzene ring substituents is 1. The Hall–Kier alpha value is -4.16. The smallest absolute Gasteiger partial charge is 0.359 e. The van der Waals surface area contributed by atoms with Crippen LogP contribution in [0.25, 0.3) is 6.08 Å². The minimum Gasteiger partial charge on any atom is -0.461 e. The van der Waals surface area contributed by atoms with Gasteiger partial charge in [-0.1, -0.05) is 42.2 Å². The number of para-hydroxylation sites is 1. The fourth-order valence-corrected chi connectivity index (χ4v) is 4.40. The van der Waals surface area contributed by atoms with Crippen molar-refractivity contribution >= 4 is 69.2 Å². The van der Waals surface area contributed by atoms with Crippen molar-refractivity contribution < 1.29 is 24.0 Å². The number of nitrogens with zero attached hydrogens (tertiary/aromatic N) is 4. The number of rotatable bonds is 6. The standard InChI is InChI=1S/C23H16N4O6S2/c1-2-33-22(30)19-17(20(28)26(24-19)15-6-4-3-5-7-15)13-25-21(29)18(35-23(25)34)12-14-8-10-16(11-9-14)27(31)32/h3-13H,2H2,1H3/b17-13+,18-12-. The molecule has 10 nitrogen and oxygen atoms in total. The Morgan fingerprint density at radius 2 is 1.83 bits per heavy atom. The van der Waals surface area contributed by atoms with Gasteiger partial charge in [0.15, 0.2) is 10.0 Å². The average molecular weight is 509 g/mol. The third-order valence-corrected chi connectivity index (χ3v) is 6.16. The second-order valence-electron chi connectivity index (χ2n) is 7.06. The molecule has 1 fully saturated rings. The number of thiocarbonyl (C=S) groups is 1. The molecular formula is C23H16N4O6S2. The summed E-state index contributed by atoms with van der Waals surface area (Å²) in [4.78, 5) is 50.4. The van der Waals surface area contributed by atoms with Crippen molar-refractivity contribution in [3.63, 3.8) is 0 Å². The molecule has 0 radical (unpaired) electrons. The van der Waals surface area contributed by atoms with Gasteiger partial charge in [0.25, 0.3) is 17.5 Å². The van der Waals surface area contributed by atoms with Gasteiger partial charge in [-0.25, -0.2) is 4.79 Å². The van der Waals surface area contributed by atoms with E-state index >= 15 is 0 Å². The van der Waals surface area contributed by atoms with Gasteiger partial charge in [0.05, 0.1) is 27.7 Å². The molecule has 1 saturated heterocycles. The van der Waals surface area contributed by atoms with Crippen molar-refractivity contribution in [1.82, 2.24) is 4.90 Å². The summed E-state index contributed by atoms with van der Waals surface area (Å²) < 4.78 is 5.19. The second kappa shape index (κ2) is 9.99. The molecule has 0 unspecified atom stereocenters. The summed E-state index contributed by atoms with van der Waals surface area (Å²) in [5, 5.41) is 16.0. The largest absolute Gasteiger partial charge is 0.461 e. The average Bonchev–Trinajstić information content (AvgIpc) is 3.31. The monoisotopic (exact) mass is 508 g/mol. The van der Waals surface area contributed by atoms with Crippen LogP contribution in [-0.4, -0.2) is 44.2 Å². The Kier molecular flexibility index (Phi) is 6.85. The third-order valence-electron chi connectivity index (χ3n) is 4.83. The first-order chi connectivity index (χ1) is 16.8. The Bertz CT molecular complexity index is 1340. The van der Waals surface area contributed by atoms with Crippen molar-refractivity contribution in [2.24, 2.45) is 5.10 Å². The number of carbonyl (C=O) groups is 3. The summed E-state index contributed by atoms with van der Waals surface area (Å²) in [5.74, 6) is -1.94. The van der Waals surface area contributed by atoms with Gasteiger partial charge < -0.3 is 4.74 Å². The number of nitro benzene ring substituents is 1. The predicted octanol–water partition coefficient (Wildman–Crippen LogP) is 3.65. The number of hydrogen-bond acceptors (Lipinski definition) is 9. The molecule has 176 valence electrons. The molecule has 4 rings (SSSR count). The zero-order valence-electron chi connectivity index (χ0n) is 18.1. The zero-order chi connectivity index (χ0) is 25.1. The maximum atomic E-state index is 13.2. The molecule has 2 aromatic carbocycles. The first kappa shape index (κ1) is 24.0. The molecule has 35 heavy (non-hydrogen) atoms. The minimum absolute atomic E-state index is 0.0731. The number of benzene rings is 2. The maximum absolute atomic E-state index is 13.2. The lowest BCUT2D eigenvalue weighted by Crippen LogP contribution is -2.28. The molecule has 2 aliphatic rings. The summed E-state index contributed by atoms with van der Waals surface area (Å²) in [6.45, 7) is 1.70. The van der Waals surface area contributed by atoms with Crippen LogP contribution in [0.2, 0.25) is 0 Å². The van der Waals surface area contributed by atoms with Crippen molar-refractivity contribution in [3.8, 4) is 0 Å². The highest BCUT2D eigenvalue weighted by Crippen LogP contribution is 2.34. The molecule has 0 atom stereocenters. The van der Waals surface area contributed by atoms with Gasteiger partial charge in [0, 0.05) is 18.3 Å². The molecule has 2 aromatic rings. The fraction of sp³-hybridized carbons (Fsp3) is 0.0870. The molecule has 0 saturated carbocycles. The summed E-state index contributed by atoms with van der Waals surface area (Å²) >= 11 is 6.33. The lowest BCUT2D eigenvalue weighted by Gasteiger charge is -2.12. The quantitative estimate of drug-likeness (QED) is 0.191. The third kappa shape index (κ3) is 4.88. The van der Waals surface area contributed by atoms with E-state index in [-0.39, 0.29) is 32.8 Å². The van der Waals surface area contributed by atoms with Crippen LogP contribution in [0.4, 0.5) is 11.4 Å². The van der Waals surface area contributed by atoms with Crippen molar-refractivity contribution in [2.45, 2.75) is 6.92 Å². The Morgan fingerprint density at radius 1 is 1.14 bits per heavy atom. The van der Waals surface area contributed by atoms with Crippen molar-refractivity contribution in [1.29, 1.82) is 0 Å². The van der Waals surface area contributed by atoms with E-state index in [1.807, 2.05) is 0 Å². The second-order valence-corrected chi connectivity index (χ2v) is 8.74. The highest BCUT2D eigenvalue weighted by molar-refractivity contribution is 8.26. The topological polar surface area (TPSA) is 122 Å². The lowest BCUT2D eigenvalue weighted by molar-refractivity contribution is -0.384. The molecule has 0 aliphatic carbocycles. The van der Waals surface area contributed by atoms with E-state index in [4.69, 9.17) is 17.0 Å². The number of amides is 2. The lowest BCUT2D eigenvalue weighted by atomic mass is 10.1. The number of hydrazone groups is 1. The molecule has 2 heterocycles. The minimum atomic E-state index is -0.808. The van der Waals surface area contributed by atoms with Gasteiger partial charge in [0.1, 0.15) is 0 Å². The molecule has 0 spiro atoms. The molecular weight excluding hydrogens is 492 g/mol. The molecule has 12 heteroatoms. The molecule has 0 N–H and O–H groups in total. The van der Waals surface area contributed by atoms with Gasteiger partial charge in [-0.15, -0.1) is 0 Å². The van der Waals surface area contributed by atoms with Crippen LogP contribution in [0, 0.1) is 10.1 Å². The summed E-state index contributed by atoms with van der Waals surface area (Å²) in [6.07, 6.45) is 2.73. The normalized spacial score (nSPS) is 18.0. The number of esters is 1. The highest BCUT2D eigenvalue weighted by Gasteiger charge is 2.39. The summed E-state index contributed by atoms with van der Waals surface area (Å²) in [5.41, 5.74) is 0.540. The van der Waals surface area contributed by atoms with Gasteiger partial charge in [-0.05, 0) is 42.8 Å². The van der Waals surface area contributed by atoms with Gasteiger partial charge in [-0.3, -0.25) is 24.6 Å². The highest BCUT2D eigenvalue weighted by atomic mass is 32.2. The number of nitro groups is 1. The number of ether oxygens (including phenoxy) is 1. The molecule has 2 aliphatic heterocycles. The van der Waals surface area contributed by atoms with Gasteiger partial charge >= 0.3 is 5.97 Å². The van der Waals surface area contributed by atoms with Crippen LogP contribution in [0.3, 0.4) is 0 Å². The SMILES string of the molecule is CCOC(=O)C1=NN(c2ccccc2)C(=O)/C1=C/N1C(=O)/C(=C/c2ccc([N+](=O)[O-])cc2)SC1=S. The Balaban J connectivity index is 1.66. The molecule has 0 aromatic heterocycles. The number of hydrogen-bond donors (Lipinski definition) is 0. The molecule has 2 amide bonds. The van der Waals surface area contributed by atoms with E-state index in [1.54, 1.807) is 37.3 Å². The summed E-state index contributed by atoms with van der Waals surface area (Å²) in [6, 6.07) is 14.2. The van der Waals surface area contributed by atoms with Crippen molar-refractivity contribution in [2.75, 3.05) is 11.6 Å². The summed E-state index contributed by atoms with van der Waals surface area (Å²) in [7, 11) is 0. The van der Waals surface area contributed by atoms with Crippen LogP contribution in [-0.2, 0) is 19.1 Å². The van der Waals surface area contributed by atoms with E-state index < -0.39 is 22.7 Å². The number of anilines is 1. The van der Waals surface area contributed by atoms with Crippen LogP contribution in [0.5, 0.6) is 0 Å². The first-order valence-electron chi connectivity index (χ1n) is 10.2. The predicted molar refractivity (Wildman–Crippen MR) is 134 cm³/mol. The van der Waals surface area contributed by atoms with E-state index in [1.165, 1.54) is 36.5 Å². The zero-order valence-corrected chi connectivity index (χ0v) is 19.7. The Labute approximate surface area is 208 Å². The van der Waals surface area contributed by atoms with Gasteiger partial charge in [-0.2, -0.15) is 10.1 Å². The fourth-order valence-electron chi connectivity index (χ4n) is 3.19. The van der Waals surface area contributed by atoms with E-state index in [2.05, 4.69) is 5.10 Å². The van der Waals surface area contributed by atoms with Crippen LogP contribution in [0.15, 0.2) is 76.4 Å². The van der Waals surface area contributed by atoms with E-state index in [0.29, 0.717) is 11.3 Å². The van der Waals surface area contributed by atoms with Crippen molar-refractivity contribution in [3.05, 3.63) is 87.0 Å². The Morgan fingerprint density at radius 3 is 2.46 bits per heavy atom. The number of carbonyl (C=O) groups excluding carboxylic acids is 3. The van der Waals surface area contributed by atoms with Crippen LogP contribution in [0.1, 0.15) is 12.5 Å².